The fraction of sp³-hybridized carbons (Fsp3) is 0.767. The minimum absolute atomic E-state index is 0.0467. The van der Waals surface area contributed by atoms with Gasteiger partial charge in [-0.15, -0.1) is 5.10 Å². The number of fused-ring (bicyclic) bond motifs is 1. The molecule has 41 heavy (non-hydrogen) atoms. The fourth-order valence-electron chi connectivity index (χ4n) is 7.19. The van der Waals surface area contributed by atoms with Crippen LogP contribution in [0.15, 0.2) is 12.4 Å². The number of carbonyl (C=O) groups excluding carboxylic acids is 1. The van der Waals surface area contributed by atoms with Crippen LogP contribution in [0.25, 0.3) is 5.65 Å². The Labute approximate surface area is 242 Å². The zero-order valence-electron chi connectivity index (χ0n) is 24.2. The summed E-state index contributed by atoms with van der Waals surface area (Å²) in [6.07, 6.45) is 16.9. The van der Waals surface area contributed by atoms with Crippen LogP contribution in [0.2, 0.25) is 0 Å². The largest absolute Gasteiger partial charge is 0.381 e. The van der Waals surface area contributed by atoms with E-state index in [1.807, 2.05) is 0 Å². The molecular formula is C30H46FN7O3. The third-order valence-corrected chi connectivity index (χ3v) is 9.66. The average molecular weight is 572 g/mol. The van der Waals surface area contributed by atoms with Gasteiger partial charge in [0.05, 0.1) is 49.9 Å². The number of nitrogens with two attached hydrogens (primary N) is 1. The van der Waals surface area contributed by atoms with Gasteiger partial charge in [0.25, 0.3) is 5.91 Å². The Morgan fingerprint density at radius 3 is 2.32 bits per heavy atom. The van der Waals surface area contributed by atoms with E-state index in [1.54, 1.807) is 0 Å². The number of amides is 1. The van der Waals surface area contributed by atoms with Crippen molar-refractivity contribution >= 4 is 17.4 Å². The maximum Gasteiger partial charge on any atom is 0.259 e. The molecule has 5 heterocycles. The first-order chi connectivity index (χ1) is 20.0. The van der Waals surface area contributed by atoms with Gasteiger partial charge in [-0.25, -0.2) is 13.9 Å². The number of carbonyl (C=O) groups is 1. The van der Waals surface area contributed by atoms with Gasteiger partial charge in [-0.05, 0) is 32.1 Å². The minimum atomic E-state index is -0.537. The van der Waals surface area contributed by atoms with Crippen molar-refractivity contribution in [2.45, 2.75) is 107 Å². The first-order valence-electron chi connectivity index (χ1n) is 15.9. The van der Waals surface area contributed by atoms with E-state index in [4.69, 9.17) is 15.2 Å². The number of nitrogens with zero attached hydrogens (tertiary/aromatic N) is 5. The highest BCUT2D eigenvalue weighted by Gasteiger charge is 2.38. The lowest BCUT2D eigenvalue weighted by Crippen LogP contribution is -2.59. The summed E-state index contributed by atoms with van der Waals surface area (Å²) in [7, 11) is 0. The smallest absolute Gasteiger partial charge is 0.259 e. The van der Waals surface area contributed by atoms with Gasteiger partial charge in [0.2, 0.25) is 0 Å². The van der Waals surface area contributed by atoms with Gasteiger partial charge >= 0.3 is 0 Å². The molecule has 2 unspecified atom stereocenters. The molecule has 3 N–H and O–H groups in total. The summed E-state index contributed by atoms with van der Waals surface area (Å²) in [6.45, 7) is 5.47. The standard InChI is InChI=1S/C30H46FN7O3/c31-21-16-33-29-27(28(32)35-38(29)17-21)30(39)34-25-18-37(22-8-6-4-2-1-3-5-7-9-22)15-12-26(25)41-24-10-13-36(14-11-24)23-19-40-20-23/h16-17,22-26H,1-15,18-20H2,(H2,32,35)(H,34,39). The van der Waals surface area contributed by atoms with Crippen LogP contribution in [0.1, 0.15) is 87.4 Å². The molecule has 0 radical (unpaired) electrons. The fourth-order valence-corrected chi connectivity index (χ4v) is 7.19. The average Bonchev–Trinajstić information content (AvgIpc) is 3.27. The van der Waals surface area contributed by atoms with Crippen LogP contribution < -0.4 is 11.1 Å². The highest BCUT2D eigenvalue weighted by Crippen LogP contribution is 2.28. The first-order valence-corrected chi connectivity index (χ1v) is 15.9. The molecule has 2 aromatic rings. The molecule has 1 saturated carbocycles. The van der Waals surface area contributed by atoms with Crippen molar-refractivity contribution in [1.82, 2.24) is 29.7 Å². The van der Waals surface area contributed by atoms with Gasteiger partial charge in [0, 0.05) is 32.2 Å². The van der Waals surface area contributed by atoms with Gasteiger partial charge in [-0.2, -0.15) is 0 Å². The molecule has 0 bridgehead atoms. The number of aromatic nitrogens is 3. The van der Waals surface area contributed by atoms with Crippen molar-refractivity contribution in [3.8, 4) is 0 Å². The summed E-state index contributed by atoms with van der Waals surface area (Å²) in [5.74, 6) is -0.821. The van der Waals surface area contributed by atoms with E-state index in [-0.39, 0.29) is 41.2 Å². The van der Waals surface area contributed by atoms with E-state index < -0.39 is 5.82 Å². The third kappa shape index (κ3) is 6.84. The van der Waals surface area contributed by atoms with Crippen molar-refractivity contribution in [3.63, 3.8) is 0 Å². The Morgan fingerprint density at radius 1 is 0.951 bits per heavy atom. The second kappa shape index (κ2) is 13.3. The van der Waals surface area contributed by atoms with E-state index in [0.717, 1.165) is 64.9 Å². The number of ether oxygens (including phenoxy) is 2. The summed E-state index contributed by atoms with van der Waals surface area (Å²) in [4.78, 5) is 22.9. The summed E-state index contributed by atoms with van der Waals surface area (Å²) >= 11 is 0. The molecule has 6 rings (SSSR count). The Hall–Kier alpha value is -2.34. The lowest BCUT2D eigenvalue weighted by atomic mass is 9.93. The highest BCUT2D eigenvalue weighted by molar-refractivity contribution is 6.04. The van der Waals surface area contributed by atoms with E-state index in [9.17, 15) is 9.18 Å². The van der Waals surface area contributed by atoms with Crippen molar-refractivity contribution in [3.05, 3.63) is 23.8 Å². The van der Waals surface area contributed by atoms with Crippen LogP contribution in [-0.4, -0.2) is 100 Å². The molecule has 2 atom stereocenters. The van der Waals surface area contributed by atoms with Crippen LogP contribution in [0, 0.1) is 5.82 Å². The molecule has 0 spiro atoms. The van der Waals surface area contributed by atoms with Gasteiger partial charge in [-0.1, -0.05) is 44.9 Å². The zero-order valence-corrected chi connectivity index (χ0v) is 24.2. The van der Waals surface area contributed by atoms with Gasteiger partial charge in [0.15, 0.2) is 17.3 Å². The molecule has 226 valence electrons. The number of likely N-dealkylation sites (tertiary alicyclic amines) is 2. The SMILES string of the molecule is Nc1nn2cc(F)cnc2c1C(=O)NC1CN(C2CCCCCCCCC2)CCC1OC1CCN(C2COC2)CC1. The number of halogens is 1. The van der Waals surface area contributed by atoms with E-state index >= 15 is 0 Å². The molecule has 0 aromatic carbocycles. The lowest BCUT2D eigenvalue weighted by molar-refractivity contribution is -0.110. The lowest BCUT2D eigenvalue weighted by Gasteiger charge is -2.45. The molecule has 4 fully saturated rings. The Kier molecular flexibility index (Phi) is 9.34. The van der Waals surface area contributed by atoms with Crippen molar-refractivity contribution < 1.29 is 18.7 Å². The summed E-state index contributed by atoms with van der Waals surface area (Å²) in [5.41, 5.74) is 6.59. The number of anilines is 1. The molecule has 2 aromatic heterocycles. The van der Waals surface area contributed by atoms with Crippen LogP contribution >= 0.6 is 0 Å². The number of piperidine rings is 2. The Morgan fingerprint density at radius 2 is 1.63 bits per heavy atom. The monoisotopic (exact) mass is 571 g/mol. The highest BCUT2D eigenvalue weighted by atomic mass is 19.1. The predicted molar refractivity (Wildman–Crippen MR) is 154 cm³/mol. The number of nitrogens with one attached hydrogen (secondary N) is 1. The predicted octanol–water partition coefficient (Wildman–Crippen LogP) is 3.40. The van der Waals surface area contributed by atoms with Crippen LogP contribution in [0.3, 0.4) is 0 Å². The summed E-state index contributed by atoms with van der Waals surface area (Å²) < 4.78 is 27.1. The number of hydrogen-bond acceptors (Lipinski definition) is 8. The van der Waals surface area contributed by atoms with Crippen LogP contribution in [0.4, 0.5) is 10.2 Å². The van der Waals surface area contributed by atoms with Crippen molar-refractivity contribution in [2.24, 2.45) is 0 Å². The molecule has 1 amide bonds. The van der Waals surface area contributed by atoms with Crippen LogP contribution in [0.5, 0.6) is 0 Å². The second-order valence-electron chi connectivity index (χ2n) is 12.5. The summed E-state index contributed by atoms with van der Waals surface area (Å²) in [6, 6.07) is 0.912. The van der Waals surface area contributed by atoms with Gasteiger partial charge in [-0.3, -0.25) is 14.6 Å². The number of nitrogen functional groups attached to an aromatic ring is 1. The topological polar surface area (TPSA) is 110 Å². The minimum Gasteiger partial charge on any atom is -0.381 e. The van der Waals surface area contributed by atoms with Crippen molar-refractivity contribution in [2.75, 3.05) is 45.1 Å². The molecule has 3 aliphatic heterocycles. The third-order valence-electron chi connectivity index (χ3n) is 9.66. The number of hydrogen-bond donors (Lipinski definition) is 2. The molecule has 4 aliphatic rings. The Balaban J connectivity index is 1.16. The molecular weight excluding hydrogens is 525 g/mol. The maximum atomic E-state index is 13.7. The normalized spacial score (nSPS) is 27.0. The second-order valence-corrected chi connectivity index (χ2v) is 12.5. The molecule has 3 saturated heterocycles. The van der Waals surface area contributed by atoms with E-state index in [2.05, 4.69) is 25.2 Å². The quantitative estimate of drug-likeness (QED) is 0.543. The van der Waals surface area contributed by atoms with E-state index in [0.29, 0.717) is 12.1 Å². The zero-order chi connectivity index (χ0) is 28.2. The van der Waals surface area contributed by atoms with Crippen molar-refractivity contribution in [1.29, 1.82) is 0 Å². The number of rotatable bonds is 6. The molecule has 1 aliphatic carbocycles. The van der Waals surface area contributed by atoms with Crippen LogP contribution in [-0.2, 0) is 9.47 Å². The van der Waals surface area contributed by atoms with Gasteiger partial charge < -0.3 is 20.5 Å². The molecule has 10 nitrogen and oxygen atoms in total. The Bertz CT molecular complexity index is 1160. The first kappa shape index (κ1) is 28.8. The van der Waals surface area contributed by atoms with E-state index in [1.165, 1.54) is 68.5 Å². The summed E-state index contributed by atoms with van der Waals surface area (Å²) in [5, 5.41) is 7.41. The molecule has 11 heteroatoms. The maximum absolute atomic E-state index is 13.7. The van der Waals surface area contributed by atoms with Gasteiger partial charge in [0.1, 0.15) is 5.56 Å².